The molecular weight excluding hydrogens is 328 g/mol. The molecule has 6 heteroatoms. The van der Waals surface area contributed by atoms with Crippen molar-refractivity contribution in [2.75, 3.05) is 26.2 Å². The van der Waals surface area contributed by atoms with Crippen LogP contribution >= 0.6 is 0 Å². The Labute approximate surface area is 157 Å². The largest absolute Gasteiger partial charge is 0.352 e. The van der Waals surface area contributed by atoms with Crippen molar-refractivity contribution in [3.05, 3.63) is 35.4 Å². The van der Waals surface area contributed by atoms with Crippen LogP contribution in [0.3, 0.4) is 0 Å². The van der Waals surface area contributed by atoms with E-state index in [2.05, 4.69) is 10.6 Å². The van der Waals surface area contributed by atoms with E-state index in [0.717, 1.165) is 64.5 Å². The van der Waals surface area contributed by atoms with E-state index in [0.29, 0.717) is 24.2 Å². The summed E-state index contributed by atoms with van der Waals surface area (Å²) in [5.41, 5.74) is 12.0. The van der Waals surface area contributed by atoms with Crippen molar-refractivity contribution in [2.45, 2.75) is 51.4 Å². The van der Waals surface area contributed by atoms with E-state index >= 15 is 0 Å². The highest BCUT2D eigenvalue weighted by molar-refractivity contribution is 5.97. The summed E-state index contributed by atoms with van der Waals surface area (Å²) in [5, 5.41) is 5.81. The van der Waals surface area contributed by atoms with Crippen LogP contribution in [0.2, 0.25) is 0 Å². The first kappa shape index (κ1) is 22.1. The third-order valence-electron chi connectivity index (χ3n) is 4.24. The van der Waals surface area contributed by atoms with Crippen molar-refractivity contribution >= 4 is 11.8 Å². The average Bonchev–Trinajstić information content (AvgIpc) is 2.67. The molecular formula is C20H34N4O2. The average molecular weight is 363 g/mol. The highest BCUT2D eigenvalue weighted by Crippen LogP contribution is 2.06. The SMILES string of the molecule is NCCCCCCNC(=O)c1ccc(C(=O)NCCCCCCN)cc1. The van der Waals surface area contributed by atoms with Gasteiger partial charge in [-0.2, -0.15) is 0 Å². The number of hydrogen-bond acceptors (Lipinski definition) is 4. The molecule has 0 aliphatic carbocycles. The number of rotatable bonds is 14. The van der Waals surface area contributed by atoms with Gasteiger partial charge in [0.15, 0.2) is 0 Å². The third-order valence-corrected chi connectivity index (χ3v) is 4.24. The zero-order valence-electron chi connectivity index (χ0n) is 15.8. The van der Waals surface area contributed by atoms with Crippen LogP contribution in [-0.2, 0) is 0 Å². The number of benzene rings is 1. The Hall–Kier alpha value is -1.92. The van der Waals surface area contributed by atoms with Gasteiger partial charge in [0.2, 0.25) is 0 Å². The van der Waals surface area contributed by atoms with E-state index < -0.39 is 0 Å². The first-order chi connectivity index (χ1) is 12.7. The Balaban J connectivity index is 2.26. The van der Waals surface area contributed by atoms with Crippen LogP contribution in [-0.4, -0.2) is 38.0 Å². The molecule has 26 heavy (non-hydrogen) atoms. The first-order valence-electron chi connectivity index (χ1n) is 9.75. The lowest BCUT2D eigenvalue weighted by Crippen LogP contribution is -2.26. The maximum atomic E-state index is 12.1. The van der Waals surface area contributed by atoms with Gasteiger partial charge in [0, 0.05) is 24.2 Å². The van der Waals surface area contributed by atoms with Crippen LogP contribution in [0.5, 0.6) is 0 Å². The zero-order valence-corrected chi connectivity index (χ0v) is 15.8. The predicted octanol–water partition coefficient (Wildman–Crippen LogP) is 2.18. The van der Waals surface area contributed by atoms with E-state index in [9.17, 15) is 9.59 Å². The fourth-order valence-corrected chi connectivity index (χ4v) is 2.63. The van der Waals surface area contributed by atoms with Gasteiger partial charge in [-0.3, -0.25) is 9.59 Å². The van der Waals surface area contributed by atoms with Gasteiger partial charge in [0.1, 0.15) is 0 Å². The van der Waals surface area contributed by atoms with Gasteiger partial charge in [-0.25, -0.2) is 0 Å². The molecule has 0 heterocycles. The second-order valence-corrected chi connectivity index (χ2v) is 6.49. The Morgan fingerprint density at radius 3 is 1.31 bits per heavy atom. The molecule has 0 fully saturated rings. The van der Waals surface area contributed by atoms with Crippen LogP contribution in [0, 0.1) is 0 Å². The summed E-state index contributed by atoms with van der Waals surface area (Å²) in [6.45, 7) is 2.77. The number of hydrogen-bond donors (Lipinski definition) is 4. The van der Waals surface area contributed by atoms with E-state index in [-0.39, 0.29) is 11.8 Å². The molecule has 0 atom stereocenters. The van der Waals surface area contributed by atoms with Crippen molar-refractivity contribution in [1.29, 1.82) is 0 Å². The molecule has 0 unspecified atom stereocenters. The predicted molar refractivity (Wildman–Crippen MR) is 106 cm³/mol. The van der Waals surface area contributed by atoms with Crippen LogP contribution in [0.15, 0.2) is 24.3 Å². The summed E-state index contributed by atoms with van der Waals surface area (Å²) < 4.78 is 0. The Bertz CT molecular complexity index is 470. The highest BCUT2D eigenvalue weighted by Gasteiger charge is 2.08. The number of carbonyl (C=O) groups excluding carboxylic acids is 2. The van der Waals surface area contributed by atoms with Crippen molar-refractivity contribution in [2.24, 2.45) is 11.5 Å². The molecule has 0 saturated carbocycles. The van der Waals surface area contributed by atoms with Crippen molar-refractivity contribution in [3.8, 4) is 0 Å². The van der Waals surface area contributed by atoms with Gasteiger partial charge < -0.3 is 22.1 Å². The molecule has 6 N–H and O–H groups in total. The van der Waals surface area contributed by atoms with Crippen LogP contribution < -0.4 is 22.1 Å². The van der Waals surface area contributed by atoms with Gasteiger partial charge in [0.05, 0.1) is 0 Å². The van der Waals surface area contributed by atoms with Crippen LogP contribution in [0.4, 0.5) is 0 Å². The second kappa shape index (κ2) is 14.3. The lowest BCUT2D eigenvalue weighted by molar-refractivity contribution is 0.0941. The molecule has 0 aliphatic heterocycles. The highest BCUT2D eigenvalue weighted by atomic mass is 16.2. The van der Waals surface area contributed by atoms with Crippen LogP contribution in [0.1, 0.15) is 72.1 Å². The fourth-order valence-electron chi connectivity index (χ4n) is 2.63. The molecule has 0 aromatic heterocycles. The monoisotopic (exact) mass is 362 g/mol. The molecule has 0 radical (unpaired) electrons. The molecule has 1 rings (SSSR count). The number of nitrogens with two attached hydrogens (primary N) is 2. The number of unbranched alkanes of at least 4 members (excludes halogenated alkanes) is 6. The van der Waals surface area contributed by atoms with Crippen molar-refractivity contribution in [3.63, 3.8) is 0 Å². The van der Waals surface area contributed by atoms with E-state index in [1.165, 1.54) is 0 Å². The number of amides is 2. The summed E-state index contributed by atoms with van der Waals surface area (Å²) in [6, 6.07) is 6.78. The summed E-state index contributed by atoms with van der Waals surface area (Å²) in [4.78, 5) is 24.1. The molecule has 1 aromatic carbocycles. The molecule has 2 amide bonds. The minimum atomic E-state index is -0.101. The lowest BCUT2D eigenvalue weighted by Gasteiger charge is -2.07. The minimum absolute atomic E-state index is 0.101. The quantitative estimate of drug-likeness (QED) is 0.380. The van der Waals surface area contributed by atoms with Gasteiger partial charge in [-0.15, -0.1) is 0 Å². The Morgan fingerprint density at radius 2 is 0.962 bits per heavy atom. The molecule has 1 aromatic rings. The third kappa shape index (κ3) is 9.53. The summed E-state index contributed by atoms with van der Waals surface area (Å²) >= 11 is 0. The first-order valence-corrected chi connectivity index (χ1v) is 9.75. The number of nitrogens with one attached hydrogen (secondary N) is 2. The molecule has 6 nitrogen and oxygen atoms in total. The molecule has 0 bridgehead atoms. The maximum Gasteiger partial charge on any atom is 0.251 e. The number of carbonyl (C=O) groups is 2. The normalized spacial score (nSPS) is 10.5. The molecule has 0 spiro atoms. The van der Waals surface area contributed by atoms with Crippen LogP contribution in [0.25, 0.3) is 0 Å². The minimum Gasteiger partial charge on any atom is -0.352 e. The second-order valence-electron chi connectivity index (χ2n) is 6.49. The van der Waals surface area contributed by atoms with E-state index in [1.54, 1.807) is 24.3 Å². The summed E-state index contributed by atoms with van der Waals surface area (Å²) in [7, 11) is 0. The summed E-state index contributed by atoms with van der Waals surface area (Å²) in [5.74, 6) is -0.202. The van der Waals surface area contributed by atoms with Gasteiger partial charge >= 0.3 is 0 Å². The Kier molecular flexibility index (Phi) is 12.1. The topological polar surface area (TPSA) is 110 Å². The Morgan fingerprint density at radius 1 is 0.615 bits per heavy atom. The van der Waals surface area contributed by atoms with Gasteiger partial charge in [0.25, 0.3) is 11.8 Å². The van der Waals surface area contributed by atoms with Crippen molar-refractivity contribution < 1.29 is 9.59 Å². The maximum absolute atomic E-state index is 12.1. The van der Waals surface area contributed by atoms with E-state index in [4.69, 9.17) is 11.5 Å². The standard InChI is InChI=1S/C20H34N4O2/c21-13-5-1-3-7-15-23-19(25)17-9-11-18(12-10-17)20(26)24-16-8-4-2-6-14-22/h9-12H,1-8,13-16,21-22H2,(H,23,25)(H,24,26). The lowest BCUT2D eigenvalue weighted by atomic mass is 10.1. The van der Waals surface area contributed by atoms with Gasteiger partial charge in [-0.1, -0.05) is 25.7 Å². The fraction of sp³-hybridized carbons (Fsp3) is 0.600. The molecule has 146 valence electrons. The van der Waals surface area contributed by atoms with Crippen molar-refractivity contribution in [1.82, 2.24) is 10.6 Å². The van der Waals surface area contributed by atoms with Gasteiger partial charge in [-0.05, 0) is 63.0 Å². The molecule has 0 aliphatic rings. The summed E-state index contributed by atoms with van der Waals surface area (Å²) in [6.07, 6.45) is 8.32. The zero-order chi connectivity index (χ0) is 19.0. The molecule has 0 saturated heterocycles. The smallest absolute Gasteiger partial charge is 0.251 e. The van der Waals surface area contributed by atoms with E-state index in [1.807, 2.05) is 0 Å².